The van der Waals surface area contributed by atoms with Crippen LogP contribution in [0.5, 0.6) is 0 Å². The highest BCUT2D eigenvalue weighted by atomic mass is 16.5. The largest absolute Gasteiger partial charge is 0.622 e. The van der Waals surface area contributed by atoms with Gasteiger partial charge in [-0.25, -0.2) is 4.90 Å². The second-order valence-corrected chi connectivity index (χ2v) is 7.18. The van der Waals surface area contributed by atoms with Crippen molar-refractivity contribution in [1.29, 1.82) is 0 Å². The number of fused-ring (bicyclic) bond motifs is 3. The van der Waals surface area contributed by atoms with Crippen molar-refractivity contribution in [2.75, 3.05) is 26.3 Å². The summed E-state index contributed by atoms with van der Waals surface area (Å²) in [4.78, 5) is 2.21. The molecule has 0 bridgehead atoms. The SMILES string of the molecule is [O-][N+]1=C2CCC/C(=N\O)[C@]2(O)[C@H]2CCCC[C@@]21N1CCOCC1. The van der Waals surface area contributed by atoms with Crippen LogP contribution in [0.15, 0.2) is 5.16 Å². The first-order valence-corrected chi connectivity index (χ1v) is 8.76. The standard InChI is InChI=1S/C16H25N3O4/c20-16-12-4-1-2-7-15(12,18-8-10-23-11-9-18)19(22)14(16)6-3-5-13(16)17-21/h12,20-21H,1-11H2/b17-13+/t12-,15-,16+/m0/s1. The first-order valence-electron chi connectivity index (χ1n) is 8.76. The molecular weight excluding hydrogens is 298 g/mol. The van der Waals surface area contributed by atoms with Gasteiger partial charge in [0.1, 0.15) is 0 Å². The van der Waals surface area contributed by atoms with Gasteiger partial charge >= 0.3 is 0 Å². The van der Waals surface area contributed by atoms with E-state index in [1.54, 1.807) is 0 Å². The van der Waals surface area contributed by atoms with Crippen LogP contribution < -0.4 is 0 Å². The molecule has 3 fully saturated rings. The fraction of sp³-hybridized carbons (Fsp3) is 0.875. The Bertz CT molecular complexity index is 558. The summed E-state index contributed by atoms with van der Waals surface area (Å²) in [7, 11) is 0. The zero-order valence-electron chi connectivity index (χ0n) is 13.4. The minimum absolute atomic E-state index is 0.222. The van der Waals surface area contributed by atoms with Crippen molar-refractivity contribution in [3.63, 3.8) is 0 Å². The first-order chi connectivity index (χ1) is 11.2. The van der Waals surface area contributed by atoms with Gasteiger partial charge in [0.2, 0.25) is 11.4 Å². The molecule has 2 N–H and O–H groups in total. The van der Waals surface area contributed by atoms with Crippen molar-refractivity contribution in [1.82, 2.24) is 4.90 Å². The van der Waals surface area contributed by atoms with Crippen LogP contribution >= 0.6 is 0 Å². The Labute approximate surface area is 135 Å². The molecule has 2 aliphatic heterocycles. The minimum Gasteiger partial charge on any atom is -0.622 e. The molecule has 2 heterocycles. The van der Waals surface area contributed by atoms with Crippen LogP contribution in [0.25, 0.3) is 0 Å². The van der Waals surface area contributed by atoms with Gasteiger partial charge in [-0.15, -0.1) is 0 Å². The number of ether oxygens (including phenoxy) is 1. The molecule has 7 heteroatoms. The molecule has 0 radical (unpaired) electrons. The van der Waals surface area contributed by atoms with Gasteiger partial charge in [0.15, 0.2) is 5.60 Å². The lowest BCUT2D eigenvalue weighted by Crippen LogP contribution is -2.65. The summed E-state index contributed by atoms with van der Waals surface area (Å²) in [5.74, 6) is -0.222. The third-order valence-corrected chi connectivity index (χ3v) is 6.33. The van der Waals surface area contributed by atoms with E-state index in [2.05, 4.69) is 10.1 Å². The molecule has 0 aromatic heterocycles. The molecule has 0 aromatic carbocycles. The third-order valence-electron chi connectivity index (χ3n) is 6.33. The second-order valence-electron chi connectivity index (χ2n) is 7.18. The molecule has 2 saturated carbocycles. The number of morpholine rings is 1. The molecule has 23 heavy (non-hydrogen) atoms. The lowest BCUT2D eigenvalue weighted by molar-refractivity contribution is -0.591. The normalized spacial score (nSPS) is 43.5. The van der Waals surface area contributed by atoms with Crippen molar-refractivity contribution in [3.05, 3.63) is 5.21 Å². The number of hydrogen-bond acceptors (Lipinski definition) is 6. The summed E-state index contributed by atoms with van der Waals surface area (Å²) >= 11 is 0. The number of hydroxylamine groups is 1. The molecule has 7 nitrogen and oxygen atoms in total. The van der Waals surface area contributed by atoms with E-state index in [4.69, 9.17) is 4.74 Å². The van der Waals surface area contributed by atoms with E-state index in [1.807, 2.05) is 0 Å². The molecule has 2 aliphatic carbocycles. The van der Waals surface area contributed by atoms with Crippen LogP contribution in [-0.2, 0) is 4.74 Å². The Hall–Kier alpha value is -1.18. The highest BCUT2D eigenvalue weighted by Gasteiger charge is 2.71. The molecule has 0 amide bonds. The van der Waals surface area contributed by atoms with Gasteiger partial charge in [-0.1, -0.05) is 11.6 Å². The minimum atomic E-state index is -1.37. The molecular formula is C16H25N3O4. The fourth-order valence-corrected chi connectivity index (χ4v) is 5.37. The second kappa shape index (κ2) is 5.43. The Balaban J connectivity index is 1.85. The van der Waals surface area contributed by atoms with Crippen LogP contribution in [0.3, 0.4) is 0 Å². The van der Waals surface area contributed by atoms with Crippen LogP contribution in [-0.4, -0.2) is 68.9 Å². The van der Waals surface area contributed by atoms with Crippen LogP contribution in [0.1, 0.15) is 44.9 Å². The molecule has 4 aliphatic rings. The van der Waals surface area contributed by atoms with Crippen molar-refractivity contribution in [2.45, 2.75) is 56.2 Å². The van der Waals surface area contributed by atoms with Gasteiger partial charge in [-0.2, -0.15) is 4.74 Å². The molecule has 4 rings (SSSR count). The summed E-state index contributed by atoms with van der Waals surface area (Å²) in [6.45, 7) is 2.67. The third kappa shape index (κ3) is 1.87. The quantitative estimate of drug-likeness (QED) is 0.324. The van der Waals surface area contributed by atoms with Gasteiger partial charge < -0.3 is 20.3 Å². The maximum Gasteiger partial charge on any atom is 0.235 e. The van der Waals surface area contributed by atoms with Crippen LogP contribution in [0.2, 0.25) is 0 Å². The Morgan fingerprint density at radius 3 is 2.74 bits per heavy atom. The number of hydrogen-bond donors (Lipinski definition) is 2. The van der Waals surface area contributed by atoms with Crippen molar-refractivity contribution in [2.24, 2.45) is 11.1 Å². The number of rotatable bonds is 1. The average Bonchev–Trinajstić information content (AvgIpc) is 2.82. The van der Waals surface area contributed by atoms with Gasteiger partial charge in [-0.3, -0.25) is 0 Å². The summed E-state index contributed by atoms with van der Waals surface area (Å²) < 4.78 is 6.57. The van der Waals surface area contributed by atoms with E-state index in [9.17, 15) is 15.5 Å². The van der Waals surface area contributed by atoms with Gasteiger partial charge in [0, 0.05) is 25.9 Å². The number of nitrogens with zero attached hydrogens (tertiary/aromatic N) is 3. The number of oxime groups is 1. The van der Waals surface area contributed by atoms with Crippen molar-refractivity contribution < 1.29 is 19.8 Å². The molecule has 1 saturated heterocycles. The predicted molar refractivity (Wildman–Crippen MR) is 83.7 cm³/mol. The Morgan fingerprint density at radius 1 is 1.22 bits per heavy atom. The summed E-state index contributed by atoms with van der Waals surface area (Å²) in [5.41, 5.74) is -1.18. The maximum absolute atomic E-state index is 13.4. The Morgan fingerprint density at radius 2 is 2.00 bits per heavy atom. The molecule has 128 valence electrons. The van der Waals surface area contributed by atoms with E-state index in [0.29, 0.717) is 50.6 Å². The smallest absolute Gasteiger partial charge is 0.235 e. The summed E-state index contributed by atoms with van der Waals surface area (Å²) in [6, 6.07) is 0. The van der Waals surface area contributed by atoms with E-state index >= 15 is 0 Å². The molecule has 0 aromatic rings. The van der Waals surface area contributed by atoms with Crippen molar-refractivity contribution >= 4 is 11.4 Å². The predicted octanol–water partition coefficient (Wildman–Crippen LogP) is 0.915. The topological polar surface area (TPSA) is 91.4 Å². The van der Waals surface area contributed by atoms with Gasteiger partial charge in [0.05, 0.1) is 24.8 Å². The highest BCUT2D eigenvalue weighted by Crippen LogP contribution is 2.52. The lowest BCUT2D eigenvalue weighted by atomic mass is 9.65. The number of aliphatic hydroxyl groups is 1. The average molecular weight is 323 g/mol. The van der Waals surface area contributed by atoms with E-state index < -0.39 is 11.3 Å². The zero-order valence-corrected chi connectivity index (χ0v) is 13.4. The monoisotopic (exact) mass is 323 g/mol. The van der Waals surface area contributed by atoms with Crippen LogP contribution in [0, 0.1) is 11.1 Å². The van der Waals surface area contributed by atoms with Gasteiger partial charge in [-0.05, 0) is 25.7 Å². The summed E-state index contributed by atoms with van der Waals surface area (Å²) in [6.07, 6.45) is 5.42. The van der Waals surface area contributed by atoms with E-state index in [-0.39, 0.29) is 5.92 Å². The molecule has 0 unspecified atom stereocenters. The van der Waals surface area contributed by atoms with Crippen molar-refractivity contribution in [3.8, 4) is 0 Å². The lowest BCUT2D eigenvalue weighted by Gasteiger charge is -2.47. The maximum atomic E-state index is 13.4. The highest BCUT2D eigenvalue weighted by molar-refractivity contribution is 6.15. The molecule has 3 atom stereocenters. The molecule has 0 spiro atoms. The first kappa shape index (κ1) is 15.4. The van der Waals surface area contributed by atoms with Crippen LogP contribution in [0.4, 0.5) is 0 Å². The fourth-order valence-electron chi connectivity index (χ4n) is 5.37. The van der Waals surface area contributed by atoms with E-state index in [0.717, 1.165) is 36.8 Å². The Kier molecular flexibility index (Phi) is 3.62. The summed E-state index contributed by atoms with van der Waals surface area (Å²) in [5, 5.41) is 37.7. The van der Waals surface area contributed by atoms with E-state index in [1.165, 1.54) is 0 Å². The zero-order chi connectivity index (χ0) is 16.1. The van der Waals surface area contributed by atoms with Gasteiger partial charge in [0.25, 0.3) is 0 Å².